The van der Waals surface area contributed by atoms with E-state index in [1.54, 1.807) is 0 Å². The number of benzene rings is 9. The Hall–Kier alpha value is -9.34. The first kappa shape index (κ1) is 44.8. The Bertz CT molecular complexity index is 2900. The van der Waals surface area contributed by atoms with Gasteiger partial charge in [0.15, 0.2) is 0 Å². The number of hydrogen-bond donors (Lipinski definition) is 0. The molecule has 0 aliphatic carbocycles. The highest BCUT2D eigenvalue weighted by Crippen LogP contribution is 2.35. The van der Waals surface area contributed by atoms with Gasteiger partial charge in [-0.2, -0.15) is 20.4 Å². The molecule has 0 bridgehead atoms. The summed E-state index contributed by atoms with van der Waals surface area (Å²) in [7, 11) is 3.89. The maximum atomic E-state index is 5.00. The third-order valence-corrected chi connectivity index (χ3v) is 11.3. The van der Waals surface area contributed by atoms with E-state index in [0.29, 0.717) is 0 Å². The Morgan fingerprint density at radius 3 is 0.754 bits per heavy atom. The zero-order valence-corrected chi connectivity index (χ0v) is 38.5. The average Bonchev–Trinajstić information content (AvgIpc) is 3.42. The number of anilines is 9. The van der Waals surface area contributed by atoms with Crippen molar-refractivity contribution in [2.45, 2.75) is 0 Å². The fourth-order valence-corrected chi connectivity index (χ4v) is 7.53. The third kappa shape index (κ3) is 11.7. The van der Waals surface area contributed by atoms with E-state index < -0.39 is 0 Å². The van der Waals surface area contributed by atoms with Gasteiger partial charge in [0.2, 0.25) is 0 Å². The van der Waals surface area contributed by atoms with Crippen molar-refractivity contribution in [3.63, 3.8) is 0 Å². The van der Waals surface area contributed by atoms with Gasteiger partial charge >= 0.3 is 0 Å². The molecule has 0 unspecified atom stereocenters. The first-order chi connectivity index (χ1) is 34.0. The van der Waals surface area contributed by atoms with Gasteiger partial charge in [-0.1, -0.05) is 140 Å². The standard InChI is InChI=1S/C60H51N9/c1-65(52-18-8-3-9-19-52)61-44-48-32-40-59(41-33-48)68(57-24-14-6-15-25-57)63-46-50-28-36-55(37-29-50)67(54-22-12-5-13-23-54)56-38-30-51(31-39-56)47-64-69(58-26-16-7-17-27-58)60-42-34-49(35-43-60)45-62-66(2)53-20-10-4-11-21-53/h3-47H,1-2H3/b61-44+,62-45+,63-46+,64-47+. The number of nitrogens with zero attached hydrogens (tertiary/aromatic N) is 9. The van der Waals surface area contributed by atoms with Crippen molar-refractivity contribution in [2.24, 2.45) is 20.4 Å². The van der Waals surface area contributed by atoms with Crippen LogP contribution in [-0.2, 0) is 0 Å². The highest BCUT2D eigenvalue weighted by atomic mass is 15.5. The molecule has 0 amide bonds. The molecule has 0 radical (unpaired) electrons. The molecule has 0 heterocycles. The molecule has 0 saturated carbocycles. The second kappa shape index (κ2) is 22.2. The number of rotatable bonds is 17. The topological polar surface area (TPSA) is 65.6 Å². The van der Waals surface area contributed by atoms with Crippen LogP contribution in [0.25, 0.3) is 0 Å². The van der Waals surface area contributed by atoms with Crippen LogP contribution in [0.5, 0.6) is 0 Å². The maximum absolute atomic E-state index is 5.00. The smallest absolute Gasteiger partial charge is 0.0653 e. The number of para-hydroxylation sites is 5. The van der Waals surface area contributed by atoms with Crippen molar-refractivity contribution in [1.82, 2.24) is 0 Å². The molecule has 0 aliphatic rings. The summed E-state index contributed by atoms with van der Waals surface area (Å²) in [4.78, 5) is 2.25. The predicted molar refractivity (Wildman–Crippen MR) is 291 cm³/mol. The number of hydrogen-bond acceptors (Lipinski definition) is 9. The second-order valence-electron chi connectivity index (χ2n) is 16.0. The average molecular weight is 898 g/mol. The van der Waals surface area contributed by atoms with Crippen molar-refractivity contribution in [3.05, 3.63) is 271 Å². The van der Waals surface area contributed by atoms with E-state index in [1.165, 1.54) is 0 Å². The minimum absolute atomic E-state index is 0.933. The minimum Gasteiger partial charge on any atom is -0.311 e. The van der Waals surface area contributed by atoms with Gasteiger partial charge in [-0.15, -0.1) is 0 Å². The van der Waals surface area contributed by atoms with E-state index >= 15 is 0 Å². The molecule has 9 rings (SSSR count). The molecule has 0 aromatic heterocycles. The molecule has 9 aromatic carbocycles. The van der Waals surface area contributed by atoms with E-state index in [1.807, 2.05) is 162 Å². The lowest BCUT2D eigenvalue weighted by Crippen LogP contribution is -2.11. The van der Waals surface area contributed by atoms with Crippen LogP contribution in [-0.4, -0.2) is 39.0 Å². The van der Waals surface area contributed by atoms with Crippen LogP contribution in [0.15, 0.2) is 269 Å². The molecule has 0 aliphatic heterocycles. The van der Waals surface area contributed by atoms with E-state index in [9.17, 15) is 0 Å². The van der Waals surface area contributed by atoms with E-state index in [0.717, 1.165) is 73.4 Å². The Labute approximate surface area is 404 Å². The fourth-order valence-electron chi connectivity index (χ4n) is 7.53. The van der Waals surface area contributed by atoms with Crippen molar-refractivity contribution >= 4 is 76.0 Å². The van der Waals surface area contributed by atoms with Crippen LogP contribution in [0.4, 0.5) is 51.2 Å². The van der Waals surface area contributed by atoms with Crippen molar-refractivity contribution in [3.8, 4) is 0 Å². The Morgan fingerprint density at radius 1 is 0.232 bits per heavy atom. The molecule has 0 fully saturated rings. The van der Waals surface area contributed by atoms with Crippen LogP contribution in [0.1, 0.15) is 22.3 Å². The molecule has 0 atom stereocenters. The molecular weight excluding hydrogens is 847 g/mol. The zero-order chi connectivity index (χ0) is 47.0. The number of hydrazone groups is 4. The van der Waals surface area contributed by atoms with Crippen LogP contribution >= 0.6 is 0 Å². The summed E-state index contributed by atoms with van der Waals surface area (Å²) in [5.74, 6) is 0. The summed E-state index contributed by atoms with van der Waals surface area (Å²) in [6, 6.07) is 84.3. The van der Waals surface area contributed by atoms with Crippen LogP contribution in [0.2, 0.25) is 0 Å². The first-order valence-electron chi connectivity index (χ1n) is 22.7. The Morgan fingerprint density at radius 2 is 0.449 bits per heavy atom. The largest absolute Gasteiger partial charge is 0.311 e. The molecule has 0 N–H and O–H groups in total. The summed E-state index contributed by atoms with van der Waals surface area (Å²) >= 11 is 0. The van der Waals surface area contributed by atoms with Crippen LogP contribution in [0, 0.1) is 0 Å². The lowest BCUT2D eigenvalue weighted by Gasteiger charge is -2.25. The van der Waals surface area contributed by atoms with Crippen molar-refractivity contribution in [1.29, 1.82) is 0 Å². The van der Waals surface area contributed by atoms with Gasteiger partial charge in [0.05, 0.1) is 59.0 Å². The molecular formula is C60H51N9. The fraction of sp³-hybridized carbons (Fsp3) is 0.0333. The zero-order valence-electron chi connectivity index (χ0n) is 38.5. The van der Waals surface area contributed by atoms with Gasteiger partial charge in [-0.3, -0.25) is 10.0 Å². The monoisotopic (exact) mass is 897 g/mol. The maximum Gasteiger partial charge on any atom is 0.0653 e. The van der Waals surface area contributed by atoms with Crippen LogP contribution in [0.3, 0.4) is 0 Å². The summed E-state index contributed by atoms with van der Waals surface area (Å²) < 4.78 is 0. The highest BCUT2D eigenvalue weighted by molar-refractivity contribution is 5.87. The summed E-state index contributed by atoms with van der Waals surface area (Å²) in [6.45, 7) is 0. The normalized spacial score (nSPS) is 11.4. The predicted octanol–water partition coefficient (Wildman–Crippen LogP) is 14.4. The van der Waals surface area contributed by atoms with Gasteiger partial charge in [0, 0.05) is 31.2 Å². The van der Waals surface area contributed by atoms with Gasteiger partial charge in [-0.25, -0.2) is 10.0 Å². The molecule has 336 valence electrons. The van der Waals surface area contributed by atoms with Gasteiger partial charge in [0.1, 0.15) is 0 Å². The Kier molecular flexibility index (Phi) is 14.4. The quantitative estimate of drug-likeness (QED) is 0.0673. The minimum atomic E-state index is 0.933. The SMILES string of the molecule is CN(/N=C/c1ccc(N(/N=C/c2ccc(N(c3ccccc3)c3ccc(/C=N/N(c4ccccc4)c4ccc(/C=N/N(C)c5ccccc5)cc4)cc3)cc2)c2ccccc2)cc1)c1ccccc1. The van der Waals surface area contributed by atoms with Crippen molar-refractivity contribution in [2.75, 3.05) is 39.0 Å². The third-order valence-electron chi connectivity index (χ3n) is 11.3. The highest BCUT2D eigenvalue weighted by Gasteiger charge is 2.14. The molecule has 0 spiro atoms. The van der Waals surface area contributed by atoms with Crippen LogP contribution < -0.4 is 24.9 Å². The summed E-state index contributed by atoms with van der Waals surface area (Å²) in [5, 5.41) is 26.9. The first-order valence-corrected chi connectivity index (χ1v) is 22.7. The molecule has 69 heavy (non-hydrogen) atoms. The second-order valence-corrected chi connectivity index (χ2v) is 16.0. The van der Waals surface area contributed by atoms with Gasteiger partial charge < -0.3 is 4.90 Å². The lowest BCUT2D eigenvalue weighted by molar-refractivity contribution is 1.02. The molecule has 0 saturated heterocycles. The van der Waals surface area contributed by atoms with E-state index in [-0.39, 0.29) is 0 Å². The summed E-state index contributed by atoms with van der Waals surface area (Å²) in [5.41, 5.74) is 12.8. The molecule has 9 nitrogen and oxygen atoms in total. The van der Waals surface area contributed by atoms with E-state index in [2.05, 4.69) is 161 Å². The molecule has 9 heteroatoms. The van der Waals surface area contributed by atoms with Crippen molar-refractivity contribution < 1.29 is 0 Å². The van der Waals surface area contributed by atoms with Gasteiger partial charge in [0.25, 0.3) is 0 Å². The molecule has 9 aromatic rings. The lowest BCUT2D eigenvalue weighted by atomic mass is 10.1. The van der Waals surface area contributed by atoms with Gasteiger partial charge in [-0.05, 0) is 131 Å². The summed E-state index contributed by atoms with van der Waals surface area (Å²) in [6.07, 6.45) is 7.52. The Balaban J connectivity index is 0.916. The van der Waals surface area contributed by atoms with E-state index in [4.69, 9.17) is 10.2 Å².